The molecule has 0 saturated carbocycles. The average molecular weight is 341 g/mol. The summed E-state index contributed by atoms with van der Waals surface area (Å²) >= 11 is 3.46. The van der Waals surface area contributed by atoms with Crippen LogP contribution in [0.5, 0.6) is 0 Å². The Balaban J connectivity index is 2.04. The molecule has 0 radical (unpaired) electrons. The average Bonchev–Trinajstić information content (AvgIpc) is 2.69. The maximum Gasteiger partial charge on any atom is 0.312 e. The van der Waals surface area contributed by atoms with Crippen LogP contribution in [-0.4, -0.2) is 18.2 Å². The molecular formula is C15H21BrN2O2. The fraction of sp³-hybridized carbons (Fsp3) is 0.533. The number of hydrogen-bond donors (Lipinski definition) is 2. The summed E-state index contributed by atoms with van der Waals surface area (Å²) < 4.78 is 6.50. The van der Waals surface area contributed by atoms with Gasteiger partial charge in [0.05, 0.1) is 11.5 Å². The van der Waals surface area contributed by atoms with E-state index in [1.54, 1.807) is 0 Å². The molecule has 3 atom stereocenters. The lowest BCUT2D eigenvalue weighted by Gasteiger charge is -2.21. The van der Waals surface area contributed by atoms with Crippen molar-refractivity contribution in [2.24, 2.45) is 11.1 Å². The molecule has 1 aromatic carbocycles. The molecule has 0 aromatic heterocycles. The van der Waals surface area contributed by atoms with Gasteiger partial charge in [-0.3, -0.25) is 10.1 Å². The largest absolute Gasteiger partial charge is 0.446 e. The molecule has 3 N–H and O–H groups in total. The Kier molecular flexibility index (Phi) is 4.52. The van der Waals surface area contributed by atoms with Crippen LogP contribution in [0.25, 0.3) is 0 Å². The van der Waals surface area contributed by atoms with Gasteiger partial charge >= 0.3 is 5.97 Å². The smallest absolute Gasteiger partial charge is 0.312 e. The first kappa shape index (κ1) is 15.5. The van der Waals surface area contributed by atoms with Crippen molar-refractivity contribution < 1.29 is 9.53 Å². The third-order valence-corrected chi connectivity index (χ3v) is 3.84. The van der Waals surface area contributed by atoms with Crippen molar-refractivity contribution in [3.63, 3.8) is 0 Å². The molecule has 1 aliphatic rings. The topological polar surface area (TPSA) is 64.3 Å². The summed E-state index contributed by atoms with van der Waals surface area (Å²) in [5.74, 6) is -0.211. The zero-order valence-corrected chi connectivity index (χ0v) is 13.6. The van der Waals surface area contributed by atoms with Gasteiger partial charge in [0.1, 0.15) is 0 Å². The molecule has 3 unspecified atom stereocenters. The van der Waals surface area contributed by atoms with E-state index >= 15 is 0 Å². The van der Waals surface area contributed by atoms with Crippen LogP contribution >= 0.6 is 15.9 Å². The summed E-state index contributed by atoms with van der Waals surface area (Å²) in [5.41, 5.74) is 6.77. The fourth-order valence-electron chi connectivity index (χ4n) is 2.21. The molecule has 1 fully saturated rings. The molecule has 1 aromatic rings. The standard InChI is InChI=1S/C15H21BrN2O2/c1-15(2,3)14(19)20-12-8-11(17)13(18-12)9-5-4-6-10(16)7-9/h4-7,11-13,18H,8,17H2,1-3H3. The molecule has 0 aliphatic carbocycles. The first-order chi connectivity index (χ1) is 9.27. The summed E-state index contributed by atoms with van der Waals surface area (Å²) in [7, 11) is 0. The van der Waals surface area contributed by atoms with Crippen molar-refractivity contribution in [2.45, 2.75) is 45.5 Å². The molecule has 2 rings (SSSR count). The predicted octanol–water partition coefficient (Wildman–Crippen LogP) is 2.73. The molecule has 110 valence electrons. The van der Waals surface area contributed by atoms with Crippen LogP contribution < -0.4 is 11.1 Å². The second-order valence-electron chi connectivity index (χ2n) is 6.24. The Morgan fingerprint density at radius 1 is 1.45 bits per heavy atom. The summed E-state index contributed by atoms with van der Waals surface area (Å²) in [6.07, 6.45) is 0.305. The van der Waals surface area contributed by atoms with Crippen LogP contribution in [0.15, 0.2) is 28.7 Å². The van der Waals surface area contributed by atoms with E-state index in [2.05, 4.69) is 21.2 Å². The summed E-state index contributed by atoms with van der Waals surface area (Å²) in [6.45, 7) is 5.53. The van der Waals surface area contributed by atoms with Gasteiger partial charge in [0.15, 0.2) is 6.23 Å². The highest BCUT2D eigenvalue weighted by molar-refractivity contribution is 9.10. The van der Waals surface area contributed by atoms with Crippen molar-refractivity contribution in [1.82, 2.24) is 5.32 Å². The number of ether oxygens (including phenoxy) is 1. The molecule has 0 amide bonds. The Hall–Kier alpha value is -0.910. The van der Waals surface area contributed by atoms with Crippen LogP contribution in [0.1, 0.15) is 38.8 Å². The summed E-state index contributed by atoms with van der Waals surface area (Å²) in [4.78, 5) is 11.9. The summed E-state index contributed by atoms with van der Waals surface area (Å²) in [6, 6.07) is 7.94. The molecular weight excluding hydrogens is 320 g/mol. The number of carbonyl (C=O) groups excluding carboxylic acids is 1. The normalized spacial score (nSPS) is 26.6. The lowest BCUT2D eigenvalue weighted by Crippen LogP contribution is -2.34. The minimum atomic E-state index is -0.500. The van der Waals surface area contributed by atoms with Gasteiger partial charge in [-0.25, -0.2) is 0 Å². The van der Waals surface area contributed by atoms with Gasteiger partial charge in [-0.05, 0) is 38.5 Å². The van der Waals surface area contributed by atoms with E-state index in [4.69, 9.17) is 10.5 Å². The number of carbonyl (C=O) groups is 1. The van der Waals surface area contributed by atoms with E-state index in [1.807, 2.05) is 45.0 Å². The van der Waals surface area contributed by atoms with E-state index < -0.39 is 5.41 Å². The third-order valence-electron chi connectivity index (χ3n) is 3.35. The zero-order valence-electron chi connectivity index (χ0n) is 12.0. The molecule has 0 spiro atoms. The van der Waals surface area contributed by atoms with E-state index in [1.165, 1.54) is 0 Å². The van der Waals surface area contributed by atoms with Crippen LogP contribution in [-0.2, 0) is 9.53 Å². The maximum atomic E-state index is 11.9. The van der Waals surface area contributed by atoms with E-state index in [0.29, 0.717) is 6.42 Å². The van der Waals surface area contributed by atoms with E-state index in [9.17, 15) is 4.79 Å². The Bertz CT molecular complexity index is 499. The van der Waals surface area contributed by atoms with Crippen LogP contribution in [0.2, 0.25) is 0 Å². The second kappa shape index (κ2) is 5.84. The van der Waals surface area contributed by atoms with Crippen molar-refractivity contribution in [1.29, 1.82) is 0 Å². The van der Waals surface area contributed by atoms with Gasteiger partial charge < -0.3 is 10.5 Å². The zero-order chi connectivity index (χ0) is 14.9. The molecule has 1 saturated heterocycles. The van der Waals surface area contributed by atoms with Gasteiger partial charge in [-0.2, -0.15) is 0 Å². The molecule has 1 heterocycles. The monoisotopic (exact) mass is 340 g/mol. The summed E-state index contributed by atoms with van der Waals surface area (Å²) in [5, 5.41) is 3.30. The van der Waals surface area contributed by atoms with Gasteiger partial charge in [-0.15, -0.1) is 0 Å². The highest BCUT2D eigenvalue weighted by Crippen LogP contribution is 2.29. The first-order valence-corrected chi connectivity index (χ1v) is 7.55. The molecule has 0 bridgehead atoms. The highest BCUT2D eigenvalue weighted by Gasteiger charge is 2.36. The Morgan fingerprint density at radius 2 is 2.15 bits per heavy atom. The minimum absolute atomic E-state index is 0.00488. The minimum Gasteiger partial charge on any atom is -0.446 e. The number of rotatable bonds is 2. The van der Waals surface area contributed by atoms with Gasteiger partial charge in [0.2, 0.25) is 0 Å². The van der Waals surface area contributed by atoms with Gasteiger partial charge in [0, 0.05) is 16.9 Å². The van der Waals surface area contributed by atoms with Crippen LogP contribution in [0.3, 0.4) is 0 Å². The van der Waals surface area contributed by atoms with Crippen LogP contribution in [0, 0.1) is 5.41 Å². The third kappa shape index (κ3) is 3.59. The SMILES string of the molecule is CC(C)(C)C(=O)OC1CC(N)C(c2cccc(Br)c2)N1. The van der Waals surface area contributed by atoms with E-state index in [-0.39, 0.29) is 24.3 Å². The predicted molar refractivity (Wildman–Crippen MR) is 81.9 cm³/mol. The van der Waals surface area contributed by atoms with Crippen molar-refractivity contribution in [3.05, 3.63) is 34.3 Å². The van der Waals surface area contributed by atoms with Crippen LogP contribution in [0.4, 0.5) is 0 Å². The van der Waals surface area contributed by atoms with Crippen molar-refractivity contribution in [3.8, 4) is 0 Å². The number of halogens is 1. The van der Waals surface area contributed by atoms with Gasteiger partial charge in [0.25, 0.3) is 0 Å². The first-order valence-electron chi connectivity index (χ1n) is 6.75. The fourth-order valence-corrected chi connectivity index (χ4v) is 2.62. The van der Waals surface area contributed by atoms with Crippen molar-refractivity contribution in [2.75, 3.05) is 0 Å². The Labute approximate surface area is 128 Å². The molecule has 20 heavy (non-hydrogen) atoms. The number of nitrogens with one attached hydrogen (secondary N) is 1. The highest BCUT2D eigenvalue weighted by atomic mass is 79.9. The molecule has 1 aliphatic heterocycles. The number of esters is 1. The number of benzene rings is 1. The molecule has 5 heteroatoms. The molecule has 4 nitrogen and oxygen atoms in total. The number of hydrogen-bond acceptors (Lipinski definition) is 4. The van der Waals surface area contributed by atoms with E-state index in [0.717, 1.165) is 10.0 Å². The quantitative estimate of drug-likeness (QED) is 0.812. The second-order valence-corrected chi connectivity index (χ2v) is 7.16. The van der Waals surface area contributed by atoms with Crippen molar-refractivity contribution >= 4 is 21.9 Å². The number of nitrogens with two attached hydrogens (primary N) is 1. The maximum absolute atomic E-state index is 11.9. The Morgan fingerprint density at radius 3 is 2.75 bits per heavy atom. The lowest BCUT2D eigenvalue weighted by molar-refractivity contribution is -0.159. The lowest BCUT2D eigenvalue weighted by atomic mass is 9.97. The van der Waals surface area contributed by atoms with Gasteiger partial charge in [-0.1, -0.05) is 28.1 Å².